The standard InChI is InChI=1S/C20H17N3O5S2/c1-27-16-7-6-13(23(25)26)10-17(16)28-12-20(24)22-15(19-5-3-9-30-19)11-14(21-22)18-4-2-8-29-18/h2-10,15H,11-12H2,1H3. The first kappa shape index (κ1) is 20.0. The summed E-state index contributed by atoms with van der Waals surface area (Å²) in [6, 6.07) is 11.6. The van der Waals surface area contributed by atoms with Gasteiger partial charge < -0.3 is 9.47 Å². The van der Waals surface area contributed by atoms with Crippen molar-refractivity contribution in [2.75, 3.05) is 13.7 Å². The minimum atomic E-state index is -0.529. The van der Waals surface area contributed by atoms with E-state index in [4.69, 9.17) is 9.47 Å². The van der Waals surface area contributed by atoms with Gasteiger partial charge in [-0.2, -0.15) is 5.10 Å². The molecule has 0 saturated carbocycles. The molecule has 10 heteroatoms. The zero-order valence-electron chi connectivity index (χ0n) is 15.9. The molecular weight excluding hydrogens is 426 g/mol. The van der Waals surface area contributed by atoms with Crippen LogP contribution in [-0.4, -0.2) is 35.3 Å². The van der Waals surface area contributed by atoms with E-state index < -0.39 is 4.92 Å². The predicted molar refractivity (Wildman–Crippen MR) is 115 cm³/mol. The Balaban J connectivity index is 1.55. The first-order valence-corrected chi connectivity index (χ1v) is 10.7. The molecular formula is C20H17N3O5S2. The summed E-state index contributed by atoms with van der Waals surface area (Å²) in [5.41, 5.74) is 0.707. The summed E-state index contributed by atoms with van der Waals surface area (Å²) < 4.78 is 10.8. The molecule has 8 nitrogen and oxygen atoms in total. The maximum absolute atomic E-state index is 13.0. The maximum Gasteiger partial charge on any atom is 0.281 e. The van der Waals surface area contributed by atoms with Crippen LogP contribution in [0.25, 0.3) is 0 Å². The number of rotatable bonds is 7. The zero-order chi connectivity index (χ0) is 21.1. The van der Waals surface area contributed by atoms with Crippen molar-refractivity contribution in [3.05, 3.63) is 73.1 Å². The number of nitro groups is 1. The fraction of sp³-hybridized carbons (Fsp3) is 0.200. The zero-order valence-corrected chi connectivity index (χ0v) is 17.5. The van der Waals surface area contributed by atoms with Crippen molar-refractivity contribution in [2.45, 2.75) is 12.5 Å². The summed E-state index contributed by atoms with van der Waals surface area (Å²) >= 11 is 3.14. The topological polar surface area (TPSA) is 94.3 Å². The van der Waals surface area contributed by atoms with E-state index in [1.165, 1.54) is 30.3 Å². The van der Waals surface area contributed by atoms with Gasteiger partial charge in [0.15, 0.2) is 18.1 Å². The summed E-state index contributed by atoms with van der Waals surface area (Å²) in [7, 11) is 1.43. The van der Waals surface area contributed by atoms with Crippen molar-refractivity contribution in [2.24, 2.45) is 5.10 Å². The Morgan fingerprint density at radius 3 is 2.70 bits per heavy atom. The number of carbonyl (C=O) groups excluding carboxylic acids is 1. The molecule has 1 aliphatic rings. The molecule has 0 fully saturated rings. The summed E-state index contributed by atoms with van der Waals surface area (Å²) in [4.78, 5) is 25.6. The van der Waals surface area contributed by atoms with Crippen molar-refractivity contribution in [3.63, 3.8) is 0 Å². The second kappa shape index (κ2) is 8.64. The van der Waals surface area contributed by atoms with Crippen LogP contribution >= 0.6 is 22.7 Å². The molecule has 3 aromatic rings. The molecule has 1 atom stereocenters. The van der Waals surface area contributed by atoms with Crippen LogP contribution in [0.15, 0.2) is 58.3 Å². The number of carbonyl (C=O) groups is 1. The molecule has 1 amide bonds. The molecule has 1 unspecified atom stereocenters. The van der Waals surface area contributed by atoms with Gasteiger partial charge in [-0.3, -0.25) is 14.9 Å². The number of methoxy groups -OCH3 is 1. The Hall–Kier alpha value is -3.24. The molecule has 0 spiro atoms. The summed E-state index contributed by atoms with van der Waals surface area (Å²) in [5.74, 6) is 0.107. The van der Waals surface area contributed by atoms with Crippen molar-refractivity contribution < 1.29 is 19.2 Å². The van der Waals surface area contributed by atoms with Gasteiger partial charge in [-0.15, -0.1) is 22.7 Å². The van der Waals surface area contributed by atoms with Gasteiger partial charge in [0.2, 0.25) is 0 Å². The fourth-order valence-corrected chi connectivity index (χ4v) is 4.66. The lowest BCUT2D eigenvalue weighted by Gasteiger charge is -2.21. The smallest absolute Gasteiger partial charge is 0.281 e. The van der Waals surface area contributed by atoms with Crippen LogP contribution in [0.5, 0.6) is 11.5 Å². The molecule has 4 rings (SSSR count). The molecule has 1 aromatic carbocycles. The molecule has 30 heavy (non-hydrogen) atoms. The number of amides is 1. The van der Waals surface area contributed by atoms with Crippen molar-refractivity contribution in [3.8, 4) is 11.5 Å². The van der Waals surface area contributed by atoms with E-state index in [1.54, 1.807) is 22.7 Å². The van der Waals surface area contributed by atoms with Crippen LogP contribution < -0.4 is 9.47 Å². The van der Waals surface area contributed by atoms with Gasteiger partial charge >= 0.3 is 0 Å². The summed E-state index contributed by atoms with van der Waals surface area (Å²) in [6.45, 7) is -0.319. The number of nitro benzene ring substituents is 1. The van der Waals surface area contributed by atoms with Crippen LogP contribution in [0.3, 0.4) is 0 Å². The fourth-order valence-electron chi connectivity index (χ4n) is 3.13. The van der Waals surface area contributed by atoms with Gasteiger partial charge in [-0.05, 0) is 29.0 Å². The van der Waals surface area contributed by atoms with Crippen LogP contribution in [0.1, 0.15) is 22.2 Å². The number of thiophene rings is 2. The predicted octanol–water partition coefficient (Wildman–Crippen LogP) is 4.48. The number of hydrogen-bond donors (Lipinski definition) is 0. The van der Waals surface area contributed by atoms with Gasteiger partial charge in [0, 0.05) is 17.4 Å². The highest BCUT2D eigenvalue weighted by Gasteiger charge is 2.34. The Kier molecular flexibility index (Phi) is 5.77. The third kappa shape index (κ3) is 4.05. The third-order valence-electron chi connectivity index (χ3n) is 4.55. The highest BCUT2D eigenvalue weighted by atomic mass is 32.1. The molecule has 0 bridgehead atoms. The lowest BCUT2D eigenvalue weighted by molar-refractivity contribution is -0.385. The Morgan fingerprint density at radius 1 is 1.23 bits per heavy atom. The summed E-state index contributed by atoms with van der Waals surface area (Å²) in [6.07, 6.45) is 0.618. The van der Waals surface area contributed by atoms with Gasteiger partial charge in [-0.25, -0.2) is 5.01 Å². The average Bonchev–Trinajstić information content (AvgIpc) is 3.51. The van der Waals surface area contributed by atoms with Gasteiger partial charge in [-0.1, -0.05) is 12.1 Å². The highest BCUT2D eigenvalue weighted by molar-refractivity contribution is 7.12. The minimum Gasteiger partial charge on any atom is -0.493 e. The second-order valence-corrected chi connectivity index (χ2v) is 8.31. The number of nitrogens with zero attached hydrogens (tertiary/aromatic N) is 3. The van der Waals surface area contributed by atoms with E-state index in [1.807, 2.05) is 35.0 Å². The number of non-ortho nitro benzene ring substituents is 1. The molecule has 0 aliphatic carbocycles. The average molecular weight is 444 g/mol. The summed E-state index contributed by atoms with van der Waals surface area (Å²) in [5, 5.41) is 21.0. The van der Waals surface area contributed by atoms with Gasteiger partial charge in [0.05, 0.1) is 34.7 Å². The molecule has 0 N–H and O–H groups in total. The molecule has 0 radical (unpaired) electrons. The van der Waals surface area contributed by atoms with E-state index in [0.29, 0.717) is 12.2 Å². The van der Waals surface area contributed by atoms with E-state index in [0.717, 1.165) is 15.5 Å². The second-order valence-electron chi connectivity index (χ2n) is 6.38. The Morgan fingerprint density at radius 2 is 2.03 bits per heavy atom. The largest absolute Gasteiger partial charge is 0.493 e. The van der Waals surface area contributed by atoms with E-state index >= 15 is 0 Å². The molecule has 154 valence electrons. The minimum absolute atomic E-state index is 0.134. The number of hydrazone groups is 1. The first-order valence-electron chi connectivity index (χ1n) is 8.99. The number of ether oxygens (including phenoxy) is 2. The molecule has 0 saturated heterocycles. The van der Waals surface area contributed by atoms with E-state index in [-0.39, 0.29) is 30.0 Å². The van der Waals surface area contributed by atoms with Crippen LogP contribution in [0.4, 0.5) is 5.69 Å². The van der Waals surface area contributed by atoms with Crippen molar-refractivity contribution in [1.82, 2.24) is 5.01 Å². The third-order valence-corrected chi connectivity index (χ3v) is 6.44. The molecule has 3 heterocycles. The SMILES string of the molecule is COc1ccc([N+](=O)[O-])cc1OCC(=O)N1N=C(c2cccs2)CC1c1cccs1. The Labute approximate surface area is 180 Å². The lowest BCUT2D eigenvalue weighted by Crippen LogP contribution is -2.31. The number of benzene rings is 1. The lowest BCUT2D eigenvalue weighted by atomic mass is 10.1. The monoisotopic (exact) mass is 443 g/mol. The maximum atomic E-state index is 13.0. The van der Waals surface area contributed by atoms with Crippen molar-refractivity contribution >= 4 is 40.0 Å². The van der Waals surface area contributed by atoms with Crippen LogP contribution in [-0.2, 0) is 4.79 Å². The quantitative estimate of drug-likeness (QED) is 0.396. The Bertz CT molecular complexity index is 1080. The van der Waals surface area contributed by atoms with Crippen molar-refractivity contribution in [1.29, 1.82) is 0 Å². The number of hydrogen-bond acceptors (Lipinski definition) is 8. The molecule has 2 aromatic heterocycles. The van der Waals surface area contributed by atoms with Crippen LogP contribution in [0, 0.1) is 10.1 Å². The molecule has 1 aliphatic heterocycles. The highest BCUT2D eigenvalue weighted by Crippen LogP contribution is 2.36. The normalized spacial score (nSPS) is 15.7. The van der Waals surface area contributed by atoms with Crippen LogP contribution in [0.2, 0.25) is 0 Å². The first-order chi connectivity index (χ1) is 14.6. The van der Waals surface area contributed by atoms with E-state index in [2.05, 4.69) is 5.10 Å². The van der Waals surface area contributed by atoms with Gasteiger partial charge in [0.25, 0.3) is 11.6 Å². The van der Waals surface area contributed by atoms with E-state index in [9.17, 15) is 14.9 Å². The van der Waals surface area contributed by atoms with Gasteiger partial charge in [0.1, 0.15) is 0 Å².